The van der Waals surface area contributed by atoms with Crippen LogP contribution in [0.25, 0.3) is 16.9 Å². The summed E-state index contributed by atoms with van der Waals surface area (Å²) in [7, 11) is 0. The molecule has 0 unspecified atom stereocenters. The Balaban J connectivity index is 2.17. The first-order valence-corrected chi connectivity index (χ1v) is 7.73. The quantitative estimate of drug-likeness (QED) is 0.546. The van der Waals surface area contributed by atoms with E-state index in [0.717, 1.165) is 16.8 Å². The summed E-state index contributed by atoms with van der Waals surface area (Å²) in [5, 5.41) is 13.3. The maximum Gasteiger partial charge on any atom is 0.137 e. The van der Waals surface area contributed by atoms with Crippen LogP contribution in [0.2, 0.25) is 10.2 Å². The topological polar surface area (TPSA) is 67.7 Å². The molecule has 6 heteroatoms. The van der Waals surface area contributed by atoms with Crippen LogP contribution in [0.3, 0.4) is 0 Å². The lowest BCUT2D eigenvalue weighted by Gasteiger charge is -2.03. The number of aromatic nitrogens is 2. The van der Waals surface area contributed by atoms with Gasteiger partial charge in [-0.05, 0) is 24.3 Å². The molecular formula is C17H14Cl2N4. The smallest absolute Gasteiger partial charge is 0.137 e. The molecular weight excluding hydrogens is 331 g/mol. The van der Waals surface area contributed by atoms with Gasteiger partial charge in [-0.3, -0.25) is 5.41 Å². The number of amidine groups is 1. The van der Waals surface area contributed by atoms with E-state index in [1.807, 2.05) is 42.5 Å². The standard InChI is InChI=1S/C17H14Cl2N4/c18-12-8-6-11(7-9-12)16-14(10-15(20)21)17(19)23(22-16)13-4-2-1-3-5-13/h1-9H,10H2,(H3,20,21). The lowest BCUT2D eigenvalue weighted by Crippen LogP contribution is -2.13. The molecule has 116 valence electrons. The van der Waals surface area contributed by atoms with E-state index in [4.69, 9.17) is 34.3 Å². The van der Waals surface area contributed by atoms with Crippen LogP contribution in [0.15, 0.2) is 54.6 Å². The predicted molar refractivity (Wildman–Crippen MR) is 94.6 cm³/mol. The molecule has 3 aromatic rings. The average molecular weight is 345 g/mol. The van der Waals surface area contributed by atoms with Gasteiger partial charge in [0.15, 0.2) is 0 Å². The number of nitrogens with zero attached hydrogens (tertiary/aromatic N) is 2. The molecule has 3 rings (SSSR count). The third kappa shape index (κ3) is 3.23. The Bertz CT molecular complexity index is 839. The number of nitrogens with one attached hydrogen (secondary N) is 1. The second-order valence-electron chi connectivity index (χ2n) is 5.07. The summed E-state index contributed by atoms with van der Waals surface area (Å²) in [6.45, 7) is 0. The van der Waals surface area contributed by atoms with Crippen LogP contribution in [-0.4, -0.2) is 15.6 Å². The summed E-state index contributed by atoms with van der Waals surface area (Å²) in [6, 6.07) is 16.9. The molecule has 1 heterocycles. The van der Waals surface area contributed by atoms with Crippen molar-refractivity contribution in [1.29, 1.82) is 5.41 Å². The minimum absolute atomic E-state index is 0.0368. The van der Waals surface area contributed by atoms with E-state index in [9.17, 15) is 0 Å². The van der Waals surface area contributed by atoms with Gasteiger partial charge in [-0.1, -0.05) is 53.5 Å². The molecule has 4 nitrogen and oxygen atoms in total. The molecule has 0 aliphatic heterocycles. The number of nitrogens with two attached hydrogens (primary N) is 1. The molecule has 2 aromatic carbocycles. The van der Waals surface area contributed by atoms with E-state index in [1.165, 1.54) is 0 Å². The van der Waals surface area contributed by atoms with Crippen LogP contribution < -0.4 is 5.73 Å². The Hall–Kier alpha value is -2.30. The van der Waals surface area contributed by atoms with Crippen molar-refractivity contribution < 1.29 is 0 Å². The molecule has 0 atom stereocenters. The van der Waals surface area contributed by atoms with Crippen molar-refractivity contribution in [2.75, 3.05) is 0 Å². The van der Waals surface area contributed by atoms with Crippen LogP contribution >= 0.6 is 23.2 Å². The minimum Gasteiger partial charge on any atom is -0.387 e. The van der Waals surface area contributed by atoms with Crippen molar-refractivity contribution in [3.05, 3.63) is 70.3 Å². The zero-order chi connectivity index (χ0) is 16.4. The van der Waals surface area contributed by atoms with Gasteiger partial charge in [0.25, 0.3) is 0 Å². The highest BCUT2D eigenvalue weighted by atomic mass is 35.5. The van der Waals surface area contributed by atoms with E-state index in [1.54, 1.807) is 16.8 Å². The van der Waals surface area contributed by atoms with Gasteiger partial charge in [-0.25, -0.2) is 4.68 Å². The highest BCUT2D eigenvalue weighted by Crippen LogP contribution is 2.31. The fourth-order valence-corrected chi connectivity index (χ4v) is 2.77. The van der Waals surface area contributed by atoms with Crippen molar-refractivity contribution in [3.63, 3.8) is 0 Å². The van der Waals surface area contributed by atoms with E-state index in [-0.39, 0.29) is 12.3 Å². The molecule has 1 aromatic heterocycles. The molecule has 0 aliphatic rings. The molecule has 0 bridgehead atoms. The number of para-hydroxylation sites is 1. The molecule has 0 saturated carbocycles. The van der Waals surface area contributed by atoms with Gasteiger partial charge in [-0.2, -0.15) is 5.10 Å². The number of hydrogen-bond acceptors (Lipinski definition) is 2. The molecule has 0 radical (unpaired) electrons. The zero-order valence-electron chi connectivity index (χ0n) is 12.1. The SMILES string of the molecule is N=C(N)Cc1c(-c2ccc(Cl)cc2)nn(-c2ccccc2)c1Cl. The van der Waals surface area contributed by atoms with E-state index in [0.29, 0.717) is 15.9 Å². The Morgan fingerprint density at radius 2 is 1.70 bits per heavy atom. The number of rotatable bonds is 4. The fourth-order valence-electron chi connectivity index (χ4n) is 2.36. The Kier molecular flexibility index (Phi) is 4.37. The fraction of sp³-hybridized carbons (Fsp3) is 0.0588. The Morgan fingerprint density at radius 3 is 2.30 bits per heavy atom. The van der Waals surface area contributed by atoms with Crippen LogP contribution in [0.1, 0.15) is 5.56 Å². The largest absolute Gasteiger partial charge is 0.387 e. The van der Waals surface area contributed by atoms with Gasteiger partial charge in [0.1, 0.15) is 5.15 Å². The van der Waals surface area contributed by atoms with E-state index >= 15 is 0 Å². The molecule has 23 heavy (non-hydrogen) atoms. The Labute approximate surface area is 144 Å². The van der Waals surface area contributed by atoms with Crippen LogP contribution in [0, 0.1) is 5.41 Å². The molecule has 0 aliphatic carbocycles. The molecule has 0 saturated heterocycles. The van der Waals surface area contributed by atoms with Gasteiger partial charge in [-0.15, -0.1) is 0 Å². The second-order valence-corrected chi connectivity index (χ2v) is 5.87. The van der Waals surface area contributed by atoms with Crippen molar-refractivity contribution in [3.8, 4) is 16.9 Å². The summed E-state index contributed by atoms with van der Waals surface area (Å²) in [5.41, 5.74) is 8.73. The molecule has 0 fully saturated rings. The molecule has 0 spiro atoms. The number of benzene rings is 2. The molecule has 3 N–H and O–H groups in total. The first-order valence-electron chi connectivity index (χ1n) is 6.98. The van der Waals surface area contributed by atoms with Gasteiger partial charge < -0.3 is 5.73 Å². The average Bonchev–Trinajstić information content (AvgIpc) is 2.86. The normalized spacial score (nSPS) is 10.7. The maximum absolute atomic E-state index is 7.60. The van der Waals surface area contributed by atoms with Gasteiger partial charge in [0.2, 0.25) is 0 Å². The van der Waals surface area contributed by atoms with Crippen molar-refractivity contribution in [2.45, 2.75) is 6.42 Å². The first-order chi connectivity index (χ1) is 11.1. The van der Waals surface area contributed by atoms with E-state index in [2.05, 4.69) is 5.10 Å². The maximum atomic E-state index is 7.60. The third-order valence-electron chi connectivity index (χ3n) is 3.41. The summed E-state index contributed by atoms with van der Waals surface area (Å²) in [5.74, 6) is 0.0368. The highest BCUT2D eigenvalue weighted by molar-refractivity contribution is 6.31. The number of hydrogen-bond donors (Lipinski definition) is 2. The van der Waals surface area contributed by atoms with Gasteiger partial charge >= 0.3 is 0 Å². The highest BCUT2D eigenvalue weighted by Gasteiger charge is 2.19. The van der Waals surface area contributed by atoms with Gasteiger partial charge in [0.05, 0.1) is 17.2 Å². The van der Waals surface area contributed by atoms with Crippen LogP contribution in [0.5, 0.6) is 0 Å². The van der Waals surface area contributed by atoms with Crippen molar-refractivity contribution in [2.24, 2.45) is 5.73 Å². The van der Waals surface area contributed by atoms with Crippen molar-refractivity contribution >= 4 is 29.0 Å². The lowest BCUT2D eigenvalue weighted by atomic mass is 10.1. The third-order valence-corrected chi connectivity index (χ3v) is 4.05. The minimum atomic E-state index is 0.0368. The van der Waals surface area contributed by atoms with Crippen molar-refractivity contribution in [1.82, 2.24) is 9.78 Å². The van der Waals surface area contributed by atoms with Crippen LogP contribution in [-0.2, 0) is 6.42 Å². The lowest BCUT2D eigenvalue weighted by molar-refractivity contribution is 0.884. The first kappa shape index (κ1) is 15.6. The molecule has 0 amide bonds. The van der Waals surface area contributed by atoms with E-state index < -0.39 is 0 Å². The summed E-state index contributed by atoms with van der Waals surface area (Å²) in [4.78, 5) is 0. The second kappa shape index (κ2) is 6.44. The predicted octanol–water partition coefficient (Wildman–Crippen LogP) is 4.32. The summed E-state index contributed by atoms with van der Waals surface area (Å²) >= 11 is 12.5. The summed E-state index contributed by atoms with van der Waals surface area (Å²) < 4.78 is 1.66. The monoisotopic (exact) mass is 344 g/mol. The van der Waals surface area contributed by atoms with Gasteiger partial charge in [0, 0.05) is 22.6 Å². The zero-order valence-corrected chi connectivity index (χ0v) is 13.6. The van der Waals surface area contributed by atoms with Crippen LogP contribution in [0.4, 0.5) is 0 Å². The Morgan fingerprint density at radius 1 is 1.04 bits per heavy atom. The summed E-state index contributed by atoms with van der Waals surface area (Å²) in [6.07, 6.45) is 0.240. The number of halogens is 2.